The van der Waals surface area contributed by atoms with E-state index in [1.165, 1.54) is 0 Å². The van der Waals surface area contributed by atoms with Crippen molar-refractivity contribution in [2.45, 2.75) is 0 Å². The van der Waals surface area contributed by atoms with Gasteiger partial charge in [0.05, 0.1) is 0 Å². The van der Waals surface area contributed by atoms with E-state index in [2.05, 4.69) is 22.5 Å². The van der Waals surface area contributed by atoms with Gasteiger partial charge in [-0.15, -0.1) is 0 Å². The van der Waals surface area contributed by atoms with E-state index in [1.54, 1.807) is 0 Å². The second-order valence-corrected chi connectivity index (χ2v) is 1.26. The summed E-state index contributed by atoms with van der Waals surface area (Å²) in [5, 5.41) is 0. The summed E-state index contributed by atoms with van der Waals surface area (Å²) in [4.78, 5) is 0. The van der Waals surface area contributed by atoms with Crippen molar-refractivity contribution in [3.63, 3.8) is 0 Å². The molecule has 41 valence electrons. The maximum Gasteiger partial charge on any atom is 0.656 e. The van der Waals surface area contributed by atoms with Crippen molar-refractivity contribution in [2.75, 3.05) is 0 Å². The van der Waals surface area contributed by atoms with Crippen LogP contribution in [0.4, 0.5) is 0 Å². The van der Waals surface area contributed by atoms with Crippen molar-refractivity contribution >= 4 is 23.4 Å². The Labute approximate surface area is 58.0 Å². The highest BCUT2D eigenvalue weighted by Gasteiger charge is 1.94. The van der Waals surface area contributed by atoms with Crippen LogP contribution >= 0.6 is 0 Å². The molecule has 0 aliphatic rings. The van der Waals surface area contributed by atoms with Crippen molar-refractivity contribution < 1.29 is 9.31 Å². The molecule has 0 aromatic heterocycles. The van der Waals surface area contributed by atoms with E-state index in [0.717, 1.165) is 7.69 Å². The fourth-order valence-electron chi connectivity index (χ4n) is 0.148. The Morgan fingerprint density at radius 3 is 1.67 bits per heavy atom. The van der Waals surface area contributed by atoms with Gasteiger partial charge >= 0.3 is 7.69 Å². The lowest BCUT2D eigenvalue weighted by Crippen LogP contribution is -2.03. The molecule has 5 heteroatoms. The standard InChI is InChI=1S/C4H4B3O2/c1-3(5)8-7-9-4(2)6/h1-2H2. The molecule has 0 amide bonds. The van der Waals surface area contributed by atoms with Crippen LogP contribution in [0.2, 0.25) is 0 Å². The third kappa shape index (κ3) is 7.27. The van der Waals surface area contributed by atoms with Gasteiger partial charge in [-0.3, -0.25) is 0 Å². The van der Waals surface area contributed by atoms with Crippen molar-refractivity contribution in [3.8, 4) is 0 Å². The van der Waals surface area contributed by atoms with Crippen molar-refractivity contribution in [3.05, 3.63) is 24.5 Å². The summed E-state index contributed by atoms with van der Waals surface area (Å²) in [6, 6.07) is 0. The molecule has 0 spiro atoms. The van der Waals surface area contributed by atoms with E-state index in [4.69, 9.17) is 15.7 Å². The van der Waals surface area contributed by atoms with Gasteiger partial charge in [-0.1, -0.05) is 13.2 Å². The predicted molar refractivity (Wildman–Crippen MR) is 37.7 cm³/mol. The summed E-state index contributed by atoms with van der Waals surface area (Å²) in [6.45, 7) is 6.45. The molecule has 0 rings (SSSR count). The topological polar surface area (TPSA) is 18.5 Å². The van der Waals surface area contributed by atoms with E-state index >= 15 is 0 Å². The Hall–Kier alpha value is -0.725. The highest BCUT2D eigenvalue weighted by molar-refractivity contribution is 6.29. The molecule has 0 bridgehead atoms. The molecule has 9 heavy (non-hydrogen) atoms. The van der Waals surface area contributed by atoms with Crippen molar-refractivity contribution in [1.82, 2.24) is 0 Å². The Kier molecular flexibility index (Phi) is 3.85. The molecule has 0 saturated heterocycles. The van der Waals surface area contributed by atoms with E-state index < -0.39 is 0 Å². The molecule has 0 aliphatic carbocycles. The molecular formula is C4H4B3O2. The van der Waals surface area contributed by atoms with Crippen LogP contribution in [0.25, 0.3) is 0 Å². The first-order valence-electron chi connectivity index (χ1n) is 2.16. The van der Waals surface area contributed by atoms with Gasteiger partial charge in [0.25, 0.3) is 0 Å². The molecule has 0 unspecified atom stereocenters. The smallest absolute Gasteiger partial charge is 0.540 e. The second kappa shape index (κ2) is 4.18. The lowest BCUT2D eigenvalue weighted by Gasteiger charge is -2.03. The molecule has 0 fully saturated rings. The summed E-state index contributed by atoms with van der Waals surface area (Å²) in [5.74, 6) is 0. The molecule has 0 N–H and O–H groups in total. The Balaban J connectivity index is 3.10. The van der Waals surface area contributed by atoms with Crippen LogP contribution in [0.3, 0.4) is 0 Å². The average Bonchev–Trinajstić information content (AvgIpc) is 1.63. The number of hydrogen-bond acceptors (Lipinski definition) is 2. The van der Waals surface area contributed by atoms with Gasteiger partial charge in [0.15, 0.2) is 15.7 Å². The summed E-state index contributed by atoms with van der Waals surface area (Å²) in [6.07, 6.45) is 0. The molecule has 0 aliphatic heterocycles. The zero-order valence-electron chi connectivity index (χ0n) is 4.96. The number of hydrogen-bond donors (Lipinski definition) is 0. The Bertz CT molecular complexity index is 109. The summed E-state index contributed by atoms with van der Waals surface area (Å²) < 4.78 is 8.90. The largest absolute Gasteiger partial charge is 0.656 e. The van der Waals surface area contributed by atoms with Crippen LogP contribution in [0.5, 0.6) is 0 Å². The van der Waals surface area contributed by atoms with Gasteiger partial charge in [-0.2, -0.15) is 0 Å². The van der Waals surface area contributed by atoms with E-state index in [1.807, 2.05) is 0 Å². The average molecular weight is 117 g/mol. The normalized spacial score (nSPS) is 7.56. The molecule has 0 heterocycles. The second-order valence-electron chi connectivity index (χ2n) is 1.26. The van der Waals surface area contributed by atoms with Gasteiger partial charge in [-0.05, 0) is 0 Å². The van der Waals surface area contributed by atoms with Crippen LogP contribution in [-0.2, 0) is 9.31 Å². The predicted octanol–water partition coefficient (Wildman–Crippen LogP) is -0.167. The fraction of sp³-hybridized carbons (Fsp3) is 0. The van der Waals surface area contributed by atoms with Crippen molar-refractivity contribution in [2.24, 2.45) is 0 Å². The SMILES string of the molecule is [B]C(=C)O[B]OC([B])=C. The Morgan fingerprint density at radius 1 is 1.11 bits per heavy atom. The van der Waals surface area contributed by atoms with Crippen LogP contribution < -0.4 is 0 Å². The van der Waals surface area contributed by atoms with Gasteiger partial charge in [0.1, 0.15) is 0 Å². The molecule has 0 aromatic rings. The zero-order chi connectivity index (χ0) is 7.28. The highest BCUT2D eigenvalue weighted by atomic mass is 16.6. The summed E-state index contributed by atoms with van der Waals surface area (Å²) in [5.41, 5.74) is 0.0764. The third-order valence-corrected chi connectivity index (χ3v) is 0.399. The minimum absolute atomic E-state index is 0.0382. The third-order valence-electron chi connectivity index (χ3n) is 0.399. The van der Waals surface area contributed by atoms with Crippen molar-refractivity contribution in [1.29, 1.82) is 0 Å². The fourth-order valence-corrected chi connectivity index (χ4v) is 0.148. The lowest BCUT2D eigenvalue weighted by molar-refractivity contribution is 0.359. The van der Waals surface area contributed by atoms with Crippen LogP contribution in [0, 0.1) is 0 Å². The molecule has 2 nitrogen and oxygen atoms in total. The van der Waals surface area contributed by atoms with E-state index in [9.17, 15) is 0 Å². The molecule has 0 saturated carbocycles. The number of rotatable bonds is 4. The molecular weight excluding hydrogens is 112 g/mol. The van der Waals surface area contributed by atoms with Gasteiger partial charge in [0, 0.05) is 11.3 Å². The summed E-state index contributed by atoms with van der Waals surface area (Å²) >= 11 is 0. The van der Waals surface area contributed by atoms with Gasteiger partial charge in [0.2, 0.25) is 0 Å². The molecule has 0 atom stereocenters. The maximum absolute atomic E-state index is 4.98. The van der Waals surface area contributed by atoms with E-state index in [0.29, 0.717) is 0 Å². The van der Waals surface area contributed by atoms with Crippen LogP contribution in [0.15, 0.2) is 24.5 Å². The van der Waals surface area contributed by atoms with Crippen LogP contribution in [0.1, 0.15) is 0 Å². The lowest BCUT2D eigenvalue weighted by atomic mass is 10.1. The minimum Gasteiger partial charge on any atom is -0.540 e. The first-order valence-corrected chi connectivity index (χ1v) is 2.16. The summed E-state index contributed by atoms with van der Waals surface area (Å²) in [7, 11) is 10.9. The molecule has 5 radical (unpaired) electrons. The first kappa shape index (κ1) is 8.27. The minimum atomic E-state index is 0.0382. The van der Waals surface area contributed by atoms with Gasteiger partial charge < -0.3 is 9.31 Å². The maximum atomic E-state index is 4.98. The first-order chi connectivity index (χ1) is 4.13. The Morgan fingerprint density at radius 2 is 1.44 bits per heavy atom. The molecule has 0 aromatic carbocycles. The quantitative estimate of drug-likeness (QED) is 0.375. The zero-order valence-corrected chi connectivity index (χ0v) is 4.96. The van der Waals surface area contributed by atoms with Crippen LogP contribution in [-0.4, -0.2) is 23.4 Å². The van der Waals surface area contributed by atoms with Gasteiger partial charge in [-0.25, -0.2) is 0 Å². The monoisotopic (exact) mass is 117 g/mol. The van der Waals surface area contributed by atoms with E-state index in [-0.39, 0.29) is 11.3 Å². The highest BCUT2D eigenvalue weighted by Crippen LogP contribution is 1.86.